The standard InChI is InChI=1S/C18H18ClN3O2/c1-11-9-15(10-14-7-8-16(23)21-20-14)22(2)17(11)18(24)12-3-5-13(19)6-4-12/h3-8,15H,9-10H2,1-2H3,(H,21,23). The molecule has 6 heteroatoms. The van der Waals surface area contributed by atoms with E-state index in [9.17, 15) is 9.59 Å². The van der Waals surface area contributed by atoms with Gasteiger partial charge < -0.3 is 4.90 Å². The number of halogens is 1. The van der Waals surface area contributed by atoms with Gasteiger partial charge in [-0.3, -0.25) is 9.59 Å². The van der Waals surface area contributed by atoms with Crippen LogP contribution in [0.1, 0.15) is 29.4 Å². The third kappa shape index (κ3) is 3.26. The number of hydrogen-bond acceptors (Lipinski definition) is 4. The van der Waals surface area contributed by atoms with Crippen molar-refractivity contribution in [3.8, 4) is 0 Å². The highest BCUT2D eigenvalue weighted by atomic mass is 35.5. The van der Waals surface area contributed by atoms with Gasteiger partial charge in [0.05, 0.1) is 11.4 Å². The van der Waals surface area contributed by atoms with Crippen molar-refractivity contribution in [1.29, 1.82) is 0 Å². The van der Waals surface area contributed by atoms with E-state index in [0.29, 0.717) is 17.0 Å². The second kappa shape index (κ2) is 6.61. The Kier molecular flexibility index (Phi) is 4.53. The number of carbonyl (C=O) groups is 1. The van der Waals surface area contributed by atoms with Crippen LogP contribution >= 0.6 is 11.6 Å². The average Bonchev–Trinajstić information content (AvgIpc) is 2.83. The quantitative estimate of drug-likeness (QED) is 0.867. The summed E-state index contributed by atoms with van der Waals surface area (Å²) in [5.74, 6) is 0.00333. The summed E-state index contributed by atoms with van der Waals surface area (Å²) in [6.07, 6.45) is 1.47. The van der Waals surface area contributed by atoms with Crippen molar-refractivity contribution < 1.29 is 4.79 Å². The fourth-order valence-corrected chi connectivity index (χ4v) is 3.23. The molecule has 2 heterocycles. The van der Waals surface area contributed by atoms with Crippen molar-refractivity contribution in [2.75, 3.05) is 7.05 Å². The smallest absolute Gasteiger partial charge is 0.264 e. The highest BCUT2D eigenvalue weighted by Gasteiger charge is 2.31. The van der Waals surface area contributed by atoms with E-state index in [0.717, 1.165) is 23.4 Å². The summed E-state index contributed by atoms with van der Waals surface area (Å²) in [6, 6.07) is 10.3. The van der Waals surface area contributed by atoms with Crippen LogP contribution in [0.5, 0.6) is 0 Å². The van der Waals surface area contributed by atoms with Gasteiger partial charge in [-0.2, -0.15) is 5.10 Å². The Morgan fingerprint density at radius 1 is 1.29 bits per heavy atom. The molecule has 0 fully saturated rings. The lowest BCUT2D eigenvalue weighted by Gasteiger charge is -2.24. The SMILES string of the molecule is CC1=C(C(=O)c2ccc(Cl)cc2)N(C)C(Cc2ccc(=O)[nH]n2)C1. The van der Waals surface area contributed by atoms with E-state index >= 15 is 0 Å². The number of rotatable bonds is 4. The first-order valence-electron chi connectivity index (χ1n) is 7.73. The summed E-state index contributed by atoms with van der Waals surface area (Å²) >= 11 is 5.89. The molecule has 5 nitrogen and oxygen atoms in total. The van der Waals surface area contributed by atoms with E-state index in [1.54, 1.807) is 30.3 Å². The fourth-order valence-electron chi connectivity index (χ4n) is 3.10. The predicted molar refractivity (Wildman–Crippen MR) is 93.2 cm³/mol. The highest BCUT2D eigenvalue weighted by Crippen LogP contribution is 2.31. The zero-order valence-corrected chi connectivity index (χ0v) is 14.3. The number of H-pyrrole nitrogens is 1. The van der Waals surface area contributed by atoms with E-state index in [1.807, 2.05) is 18.9 Å². The van der Waals surface area contributed by atoms with E-state index in [-0.39, 0.29) is 17.4 Å². The summed E-state index contributed by atoms with van der Waals surface area (Å²) in [5, 5.41) is 7.11. The molecule has 2 aromatic rings. The van der Waals surface area contributed by atoms with Gasteiger partial charge in [-0.05, 0) is 49.2 Å². The summed E-state index contributed by atoms with van der Waals surface area (Å²) in [5.41, 5.74) is 3.01. The molecule has 1 atom stereocenters. The number of Topliss-reactive ketones (excluding diaryl/α,β-unsaturated/α-hetero) is 1. The molecule has 0 saturated carbocycles. The van der Waals surface area contributed by atoms with Gasteiger partial charge >= 0.3 is 0 Å². The molecule has 3 rings (SSSR count). The third-order valence-electron chi connectivity index (χ3n) is 4.35. The van der Waals surface area contributed by atoms with Crippen LogP contribution in [-0.2, 0) is 6.42 Å². The Labute approximate surface area is 145 Å². The summed E-state index contributed by atoms with van der Waals surface area (Å²) in [6.45, 7) is 1.99. The molecule has 1 aliphatic heterocycles. The van der Waals surface area contributed by atoms with Gasteiger partial charge in [0.15, 0.2) is 0 Å². The van der Waals surface area contributed by atoms with Gasteiger partial charge in [-0.25, -0.2) is 5.10 Å². The molecule has 0 aliphatic carbocycles. The topological polar surface area (TPSA) is 66.1 Å². The summed E-state index contributed by atoms with van der Waals surface area (Å²) in [4.78, 5) is 25.9. The average molecular weight is 344 g/mol. The van der Waals surface area contributed by atoms with Crippen LogP contribution in [-0.4, -0.2) is 34.0 Å². The molecule has 1 aromatic carbocycles. The Morgan fingerprint density at radius 2 is 2.00 bits per heavy atom. The van der Waals surface area contributed by atoms with Gasteiger partial charge in [-0.1, -0.05) is 11.6 Å². The maximum absolute atomic E-state index is 12.8. The van der Waals surface area contributed by atoms with Crippen LogP contribution in [0.2, 0.25) is 5.02 Å². The number of nitrogens with one attached hydrogen (secondary N) is 1. The van der Waals surface area contributed by atoms with Crippen molar-refractivity contribution >= 4 is 17.4 Å². The molecule has 0 spiro atoms. The lowest BCUT2D eigenvalue weighted by molar-refractivity contribution is 0.0993. The zero-order chi connectivity index (χ0) is 17.3. The Morgan fingerprint density at radius 3 is 2.62 bits per heavy atom. The normalized spacial score (nSPS) is 17.5. The van der Waals surface area contributed by atoms with Crippen molar-refractivity contribution in [3.63, 3.8) is 0 Å². The first kappa shape index (κ1) is 16.5. The second-order valence-electron chi connectivity index (χ2n) is 6.05. The van der Waals surface area contributed by atoms with E-state index < -0.39 is 0 Å². The number of benzene rings is 1. The maximum Gasteiger partial charge on any atom is 0.264 e. The van der Waals surface area contributed by atoms with Crippen LogP contribution in [0.3, 0.4) is 0 Å². The lowest BCUT2D eigenvalue weighted by Crippen LogP contribution is -2.31. The maximum atomic E-state index is 12.8. The monoisotopic (exact) mass is 343 g/mol. The highest BCUT2D eigenvalue weighted by molar-refractivity contribution is 6.30. The molecule has 1 unspecified atom stereocenters. The molecule has 1 aliphatic rings. The Hall–Kier alpha value is -2.40. The Balaban J connectivity index is 1.78. The number of carbonyl (C=O) groups excluding carboxylic acids is 1. The molecule has 24 heavy (non-hydrogen) atoms. The van der Waals surface area contributed by atoms with Crippen LogP contribution in [0, 0.1) is 0 Å². The van der Waals surface area contributed by atoms with E-state index in [4.69, 9.17) is 11.6 Å². The summed E-state index contributed by atoms with van der Waals surface area (Å²) < 4.78 is 0. The molecule has 0 bridgehead atoms. The molecule has 0 amide bonds. The van der Waals surface area contributed by atoms with E-state index in [1.165, 1.54) is 6.07 Å². The third-order valence-corrected chi connectivity index (χ3v) is 4.60. The van der Waals surface area contributed by atoms with Gasteiger partial charge in [0.2, 0.25) is 5.78 Å². The molecule has 0 saturated heterocycles. The van der Waals surface area contributed by atoms with Gasteiger partial charge in [0, 0.05) is 36.2 Å². The van der Waals surface area contributed by atoms with Crippen molar-refractivity contribution in [2.24, 2.45) is 0 Å². The molecule has 1 N–H and O–H groups in total. The largest absolute Gasteiger partial charge is 0.368 e. The van der Waals surface area contributed by atoms with Crippen molar-refractivity contribution in [3.05, 3.63) is 74.3 Å². The predicted octanol–water partition coefficient (Wildman–Crippen LogP) is 2.83. The first-order valence-corrected chi connectivity index (χ1v) is 8.11. The number of aromatic amines is 1. The van der Waals surface area contributed by atoms with Gasteiger partial charge in [0.25, 0.3) is 5.56 Å². The second-order valence-corrected chi connectivity index (χ2v) is 6.49. The van der Waals surface area contributed by atoms with Gasteiger partial charge in [-0.15, -0.1) is 0 Å². The molecular weight excluding hydrogens is 326 g/mol. The number of aromatic nitrogens is 2. The van der Waals surface area contributed by atoms with Crippen LogP contribution < -0.4 is 5.56 Å². The molecule has 1 aromatic heterocycles. The van der Waals surface area contributed by atoms with Crippen LogP contribution in [0.25, 0.3) is 0 Å². The first-order chi connectivity index (χ1) is 11.5. The van der Waals surface area contributed by atoms with E-state index in [2.05, 4.69) is 10.2 Å². The Bertz CT molecular complexity index is 835. The minimum absolute atomic E-state index is 0.00333. The van der Waals surface area contributed by atoms with Crippen LogP contribution in [0.15, 0.2) is 52.5 Å². The van der Waals surface area contributed by atoms with Crippen LogP contribution in [0.4, 0.5) is 0 Å². The molecule has 124 valence electrons. The summed E-state index contributed by atoms with van der Waals surface area (Å²) in [7, 11) is 1.93. The van der Waals surface area contributed by atoms with Crippen molar-refractivity contribution in [1.82, 2.24) is 15.1 Å². The number of nitrogens with zero attached hydrogens (tertiary/aromatic N) is 2. The number of ketones is 1. The number of likely N-dealkylation sites (N-methyl/N-ethyl adjacent to an activating group) is 1. The number of allylic oxidation sites excluding steroid dienone is 1. The van der Waals surface area contributed by atoms with Gasteiger partial charge in [0.1, 0.15) is 0 Å². The minimum atomic E-state index is -0.216. The minimum Gasteiger partial charge on any atom is -0.368 e. The fraction of sp³-hybridized carbons (Fsp3) is 0.278. The zero-order valence-electron chi connectivity index (χ0n) is 13.5. The lowest BCUT2D eigenvalue weighted by atomic mass is 10.0. The van der Waals surface area contributed by atoms with Crippen molar-refractivity contribution in [2.45, 2.75) is 25.8 Å². The molecular formula is C18H18ClN3O2. The molecule has 0 radical (unpaired) electrons. The number of hydrogen-bond donors (Lipinski definition) is 1.